The summed E-state index contributed by atoms with van der Waals surface area (Å²) in [5.41, 5.74) is 0.495. The van der Waals surface area contributed by atoms with Gasteiger partial charge < -0.3 is 5.32 Å². The maximum Gasteiger partial charge on any atom is 0.270 e. The van der Waals surface area contributed by atoms with Crippen molar-refractivity contribution in [2.75, 3.05) is 5.32 Å². The number of nitro groups is 1. The van der Waals surface area contributed by atoms with Gasteiger partial charge in [-0.05, 0) is 22.0 Å². The van der Waals surface area contributed by atoms with E-state index in [2.05, 4.69) is 21.2 Å². The summed E-state index contributed by atoms with van der Waals surface area (Å²) in [5.74, 6) is -0.223. The smallest absolute Gasteiger partial charge is 0.270 e. The van der Waals surface area contributed by atoms with Crippen molar-refractivity contribution in [1.29, 1.82) is 0 Å². The lowest BCUT2D eigenvalue weighted by Crippen LogP contribution is -2.06. The van der Waals surface area contributed by atoms with Crippen LogP contribution in [0.25, 0.3) is 0 Å². The lowest BCUT2D eigenvalue weighted by Gasteiger charge is -2.03. The van der Waals surface area contributed by atoms with Gasteiger partial charge >= 0.3 is 0 Å². The van der Waals surface area contributed by atoms with Gasteiger partial charge in [0.1, 0.15) is 0 Å². The number of non-ortho nitro benzene ring substituents is 1. The summed E-state index contributed by atoms with van der Waals surface area (Å²) in [6, 6.07) is 4.14. The molecular weight excluding hydrogens is 252 g/mol. The van der Waals surface area contributed by atoms with E-state index in [0.29, 0.717) is 10.2 Å². The molecule has 0 radical (unpaired) electrons. The number of nitro benzene ring substituents is 1. The van der Waals surface area contributed by atoms with E-state index in [4.69, 9.17) is 0 Å². The lowest BCUT2D eigenvalue weighted by atomic mass is 10.3. The number of carbonyl (C=O) groups is 1. The zero-order valence-corrected chi connectivity index (χ0v) is 8.87. The number of halogens is 1. The molecule has 1 aromatic carbocycles. The van der Waals surface area contributed by atoms with Crippen molar-refractivity contribution in [2.45, 2.75) is 6.92 Å². The highest BCUT2D eigenvalue weighted by molar-refractivity contribution is 9.10. The van der Waals surface area contributed by atoms with Gasteiger partial charge in [-0.15, -0.1) is 0 Å². The third-order valence-corrected chi connectivity index (χ3v) is 2.13. The van der Waals surface area contributed by atoms with Crippen molar-refractivity contribution < 1.29 is 9.72 Å². The second-order valence-electron chi connectivity index (χ2n) is 2.60. The van der Waals surface area contributed by atoms with Gasteiger partial charge in [0.05, 0.1) is 10.6 Å². The summed E-state index contributed by atoms with van der Waals surface area (Å²) >= 11 is 3.12. The number of rotatable bonds is 2. The molecule has 0 spiro atoms. The predicted octanol–water partition coefficient (Wildman–Crippen LogP) is 2.32. The number of hydrogen-bond acceptors (Lipinski definition) is 3. The van der Waals surface area contributed by atoms with Crippen LogP contribution in [-0.4, -0.2) is 10.8 Å². The summed E-state index contributed by atoms with van der Waals surface area (Å²) in [7, 11) is 0. The van der Waals surface area contributed by atoms with Crippen LogP contribution in [0.15, 0.2) is 22.7 Å². The van der Waals surface area contributed by atoms with Crippen LogP contribution in [0.3, 0.4) is 0 Å². The van der Waals surface area contributed by atoms with Gasteiger partial charge in [-0.2, -0.15) is 0 Å². The number of amides is 1. The Balaban J connectivity index is 3.01. The SMILES string of the molecule is CC(=O)Nc1ccc([N+](=O)[O-])cc1Br. The van der Waals surface area contributed by atoms with Gasteiger partial charge in [0.25, 0.3) is 5.69 Å². The number of hydrogen-bond donors (Lipinski definition) is 1. The van der Waals surface area contributed by atoms with E-state index in [1.54, 1.807) is 0 Å². The highest BCUT2D eigenvalue weighted by atomic mass is 79.9. The van der Waals surface area contributed by atoms with Gasteiger partial charge in [-0.25, -0.2) is 0 Å². The Hall–Kier alpha value is -1.43. The fraction of sp³-hybridized carbons (Fsp3) is 0.125. The van der Waals surface area contributed by atoms with Crippen LogP contribution in [0, 0.1) is 10.1 Å². The van der Waals surface area contributed by atoms with Crippen molar-refractivity contribution in [3.8, 4) is 0 Å². The van der Waals surface area contributed by atoms with Crippen molar-refractivity contribution in [3.63, 3.8) is 0 Å². The van der Waals surface area contributed by atoms with Crippen LogP contribution >= 0.6 is 15.9 Å². The largest absolute Gasteiger partial charge is 0.325 e. The fourth-order valence-corrected chi connectivity index (χ4v) is 1.37. The molecule has 1 rings (SSSR count). The summed E-state index contributed by atoms with van der Waals surface area (Å²) < 4.78 is 0.488. The van der Waals surface area contributed by atoms with Crippen LogP contribution in [0.4, 0.5) is 11.4 Å². The van der Waals surface area contributed by atoms with Gasteiger partial charge in [-0.3, -0.25) is 14.9 Å². The molecule has 6 heteroatoms. The van der Waals surface area contributed by atoms with Crippen LogP contribution < -0.4 is 5.32 Å². The Kier molecular flexibility index (Phi) is 3.19. The van der Waals surface area contributed by atoms with Gasteiger partial charge in [0.15, 0.2) is 0 Å². The van der Waals surface area contributed by atoms with E-state index in [1.165, 1.54) is 25.1 Å². The Morgan fingerprint density at radius 2 is 2.21 bits per heavy atom. The maximum absolute atomic E-state index is 10.7. The molecule has 14 heavy (non-hydrogen) atoms. The predicted molar refractivity (Wildman–Crippen MR) is 55.1 cm³/mol. The minimum Gasteiger partial charge on any atom is -0.325 e. The first-order chi connectivity index (χ1) is 6.50. The highest BCUT2D eigenvalue weighted by Crippen LogP contribution is 2.26. The third-order valence-electron chi connectivity index (χ3n) is 1.47. The molecule has 5 nitrogen and oxygen atoms in total. The standard InChI is InChI=1S/C8H7BrN2O3/c1-5(12)10-8-3-2-6(11(13)14)4-7(8)9/h2-4H,1H3,(H,10,12). The molecule has 0 saturated carbocycles. The van der Waals surface area contributed by atoms with Crippen molar-refractivity contribution in [3.05, 3.63) is 32.8 Å². The molecule has 0 aliphatic carbocycles. The molecule has 0 aliphatic heterocycles. The minimum absolute atomic E-state index is 0.0222. The molecule has 0 saturated heterocycles. The summed E-state index contributed by atoms with van der Waals surface area (Å²) in [4.78, 5) is 20.6. The molecule has 0 heterocycles. The molecule has 0 aliphatic rings. The number of carbonyl (C=O) groups excluding carboxylic acids is 1. The first-order valence-corrected chi connectivity index (χ1v) is 4.51. The average Bonchev–Trinajstić information content (AvgIpc) is 2.07. The Morgan fingerprint density at radius 3 is 2.64 bits per heavy atom. The van der Waals surface area contributed by atoms with E-state index < -0.39 is 4.92 Å². The van der Waals surface area contributed by atoms with Crippen LogP contribution in [-0.2, 0) is 4.79 Å². The van der Waals surface area contributed by atoms with Crippen molar-refractivity contribution in [1.82, 2.24) is 0 Å². The molecule has 0 atom stereocenters. The zero-order chi connectivity index (χ0) is 10.7. The van der Waals surface area contributed by atoms with E-state index in [-0.39, 0.29) is 11.6 Å². The van der Waals surface area contributed by atoms with E-state index in [0.717, 1.165) is 0 Å². The Labute approximate surface area is 88.4 Å². The quantitative estimate of drug-likeness (QED) is 0.654. The first-order valence-electron chi connectivity index (χ1n) is 3.72. The van der Waals surface area contributed by atoms with E-state index >= 15 is 0 Å². The topological polar surface area (TPSA) is 72.2 Å². The summed E-state index contributed by atoms with van der Waals surface area (Å²) in [6.07, 6.45) is 0. The van der Waals surface area contributed by atoms with Crippen LogP contribution in [0.2, 0.25) is 0 Å². The second kappa shape index (κ2) is 4.19. The van der Waals surface area contributed by atoms with Crippen LogP contribution in [0.5, 0.6) is 0 Å². The molecule has 1 N–H and O–H groups in total. The monoisotopic (exact) mass is 258 g/mol. The van der Waals surface area contributed by atoms with Crippen molar-refractivity contribution in [2.24, 2.45) is 0 Å². The number of anilines is 1. The molecule has 1 amide bonds. The lowest BCUT2D eigenvalue weighted by molar-refractivity contribution is -0.384. The summed E-state index contributed by atoms with van der Waals surface area (Å²) in [5, 5.41) is 12.9. The van der Waals surface area contributed by atoms with Crippen molar-refractivity contribution >= 4 is 33.2 Å². The average molecular weight is 259 g/mol. The number of nitrogens with zero attached hydrogens (tertiary/aromatic N) is 1. The molecule has 74 valence electrons. The first kappa shape index (κ1) is 10.6. The molecule has 0 fully saturated rings. The molecule has 0 bridgehead atoms. The van der Waals surface area contributed by atoms with E-state index in [1.807, 2.05) is 0 Å². The van der Waals surface area contributed by atoms with Gasteiger partial charge in [0.2, 0.25) is 5.91 Å². The maximum atomic E-state index is 10.7. The summed E-state index contributed by atoms with van der Waals surface area (Å²) in [6.45, 7) is 1.37. The number of nitrogens with one attached hydrogen (secondary N) is 1. The molecule has 0 aromatic heterocycles. The van der Waals surface area contributed by atoms with Gasteiger partial charge in [-0.1, -0.05) is 0 Å². The number of benzene rings is 1. The van der Waals surface area contributed by atoms with Gasteiger partial charge in [0, 0.05) is 23.5 Å². The van der Waals surface area contributed by atoms with E-state index in [9.17, 15) is 14.9 Å². The third kappa shape index (κ3) is 2.53. The second-order valence-corrected chi connectivity index (χ2v) is 3.46. The highest BCUT2D eigenvalue weighted by Gasteiger charge is 2.09. The minimum atomic E-state index is -0.498. The normalized spacial score (nSPS) is 9.57. The molecular formula is C8H7BrN2O3. The molecule has 1 aromatic rings. The zero-order valence-electron chi connectivity index (χ0n) is 7.28. The fourth-order valence-electron chi connectivity index (χ4n) is 0.909. The van der Waals surface area contributed by atoms with Crippen LogP contribution in [0.1, 0.15) is 6.92 Å². The Bertz CT molecular complexity index is 392. The molecule has 0 unspecified atom stereocenters. The Morgan fingerprint density at radius 1 is 1.57 bits per heavy atom.